The van der Waals surface area contributed by atoms with Gasteiger partial charge in [-0.25, -0.2) is 9.18 Å². The minimum Gasteiger partial charge on any atom is -0.462 e. The van der Waals surface area contributed by atoms with E-state index in [-0.39, 0.29) is 12.4 Å². The van der Waals surface area contributed by atoms with Gasteiger partial charge in [0.1, 0.15) is 22.7 Å². The molecular formula is C25H22FNO3. The van der Waals surface area contributed by atoms with Crippen LogP contribution in [-0.4, -0.2) is 26.7 Å². The molecule has 0 radical (unpaired) electrons. The molecule has 1 aromatic heterocycles. The van der Waals surface area contributed by atoms with Gasteiger partial charge < -0.3 is 14.1 Å². The summed E-state index contributed by atoms with van der Waals surface area (Å²) < 4.78 is 24.9. The standard InChI is InChI=1S/C25H22FNO3/c1-4-29-25(28)23-20-14-19(16-8-6-5-7-9-16)21(27(2)3)15-22(20)30-24(23)17-10-12-18(26)13-11-17/h5-15H,4H2,1-3H3. The Morgan fingerprint density at radius 1 is 1.00 bits per heavy atom. The van der Waals surface area contributed by atoms with Gasteiger partial charge in [0.05, 0.1) is 6.61 Å². The van der Waals surface area contributed by atoms with Gasteiger partial charge in [0.25, 0.3) is 0 Å². The third-order valence-corrected chi connectivity index (χ3v) is 4.96. The summed E-state index contributed by atoms with van der Waals surface area (Å²) in [6, 6.07) is 19.7. The third-order valence-electron chi connectivity index (χ3n) is 4.96. The Hall–Kier alpha value is -3.60. The fraction of sp³-hybridized carbons (Fsp3) is 0.160. The number of nitrogens with zero attached hydrogens (tertiary/aromatic N) is 1. The number of carbonyl (C=O) groups is 1. The molecule has 4 rings (SSSR count). The number of furan rings is 1. The van der Waals surface area contributed by atoms with Crippen LogP contribution in [0.25, 0.3) is 33.4 Å². The van der Waals surface area contributed by atoms with Crippen molar-refractivity contribution < 1.29 is 18.3 Å². The highest BCUT2D eigenvalue weighted by Crippen LogP contribution is 2.40. The molecule has 4 nitrogen and oxygen atoms in total. The zero-order chi connectivity index (χ0) is 21.3. The summed E-state index contributed by atoms with van der Waals surface area (Å²) in [5, 5.41) is 0.664. The van der Waals surface area contributed by atoms with Crippen molar-refractivity contribution in [2.24, 2.45) is 0 Å². The van der Waals surface area contributed by atoms with Crippen LogP contribution in [0.2, 0.25) is 0 Å². The van der Waals surface area contributed by atoms with Crippen LogP contribution < -0.4 is 4.90 Å². The number of fused-ring (bicyclic) bond motifs is 1. The van der Waals surface area contributed by atoms with Crippen molar-refractivity contribution in [2.75, 3.05) is 25.6 Å². The largest absolute Gasteiger partial charge is 0.462 e. The number of rotatable bonds is 5. The maximum atomic E-state index is 13.4. The van der Waals surface area contributed by atoms with Crippen LogP contribution in [0.5, 0.6) is 0 Å². The van der Waals surface area contributed by atoms with E-state index < -0.39 is 5.97 Å². The summed E-state index contributed by atoms with van der Waals surface area (Å²) in [5.74, 6) is -0.445. The van der Waals surface area contributed by atoms with E-state index in [1.54, 1.807) is 19.1 Å². The van der Waals surface area contributed by atoms with E-state index >= 15 is 0 Å². The van der Waals surface area contributed by atoms with Crippen LogP contribution in [0, 0.1) is 5.82 Å². The number of halogens is 1. The molecule has 30 heavy (non-hydrogen) atoms. The third kappa shape index (κ3) is 3.54. The van der Waals surface area contributed by atoms with Crippen LogP contribution in [-0.2, 0) is 4.74 Å². The molecular weight excluding hydrogens is 381 g/mol. The van der Waals surface area contributed by atoms with E-state index in [4.69, 9.17) is 9.15 Å². The molecule has 0 atom stereocenters. The minimum atomic E-state index is -0.466. The van der Waals surface area contributed by atoms with Gasteiger partial charge in [-0.15, -0.1) is 0 Å². The molecule has 3 aromatic carbocycles. The molecule has 4 aromatic rings. The molecule has 0 N–H and O–H groups in total. The quantitative estimate of drug-likeness (QED) is 0.375. The number of benzene rings is 3. The van der Waals surface area contributed by atoms with Gasteiger partial charge in [-0.1, -0.05) is 30.3 Å². The average Bonchev–Trinajstić information content (AvgIpc) is 3.12. The molecule has 0 aliphatic carbocycles. The van der Waals surface area contributed by atoms with Crippen molar-refractivity contribution in [3.63, 3.8) is 0 Å². The Bertz CT molecular complexity index is 1190. The lowest BCUT2D eigenvalue weighted by Crippen LogP contribution is -2.10. The Kier molecular flexibility index (Phi) is 5.27. The van der Waals surface area contributed by atoms with Crippen molar-refractivity contribution in [2.45, 2.75) is 6.92 Å². The van der Waals surface area contributed by atoms with E-state index in [0.29, 0.717) is 27.9 Å². The summed E-state index contributed by atoms with van der Waals surface area (Å²) in [4.78, 5) is 14.9. The normalized spacial score (nSPS) is 10.9. The first-order chi connectivity index (χ1) is 14.5. The Labute approximate surface area is 174 Å². The van der Waals surface area contributed by atoms with Crippen LogP contribution in [0.1, 0.15) is 17.3 Å². The van der Waals surface area contributed by atoms with Gasteiger partial charge in [0, 0.05) is 42.4 Å². The van der Waals surface area contributed by atoms with E-state index in [1.165, 1.54) is 12.1 Å². The van der Waals surface area contributed by atoms with Crippen LogP contribution >= 0.6 is 0 Å². The maximum Gasteiger partial charge on any atom is 0.342 e. The molecule has 0 fully saturated rings. The molecule has 0 saturated carbocycles. The second-order valence-electron chi connectivity index (χ2n) is 7.16. The smallest absolute Gasteiger partial charge is 0.342 e. The van der Waals surface area contributed by atoms with Crippen molar-refractivity contribution in [1.82, 2.24) is 0 Å². The summed E-state index contributed by atoms with van der Waals surface area (Å²) in [5.41, 5.74) is 4.50. The average molecular weight is 403 g/mol. The van der Waals surface area contributed by atoms with E-state index in [1.807, 2.05) is 61.5 Å². The predicted octanol–water partition coefficient (Wildman–Crippen LogP) is 6.15. The summed E-state index contributed by atoms with van der Waals surface area (Å²) in [6.45, 7) is 2.01. The number of hydrogen-bond acceptors (Lipinski definition) is 4. The molecule has 5 heteroatoms. The second-order valence-corrected chi connectivity index (χ2v) is 7.16. The molecule has 0 spiro atoms. The van der Waals surface area contributed by atoms with Crippen molar-refractivity contribution in [1.29, 1.82) is 0 Å². The van der Waals surface area contributed by atoms with E-state index in [0.717, 1.165) is 16.8 Å². The van der Waals surface area contributed by atoms with Crippen molar-refractivity contribution in [3.05, 3.63) is 78.1 Å². The number of ether oxygens (including phenoxy) is 1. The van der Waals surface area contributed by atoms with Gasteiger partial charge in [-0.2, -0.15) is 0 Å². The van der Waals surface area contributed by atoms with Gasteiger partial charge in [-0.05, 0) is 42.8 Å². The fourth-order valence-corrected chi connectivity index (χ4v) is 3.56. The van der Waals surface area contributed by atoms with Gasteiger partial charge >= 0.3 is 5.97 Å². The molecule has 0 bridgehead atoms. The Morgan fingerprint density at radius 3 is 2.33 bits per heavy atom. The SMILES string of the molecule is CCOC(=O)c1c(-c2ccc(F)cc2)oc2cc(N(C)C)c(-c3ccccc3)cc12. The summed E-state index contributed by atoms with van der Waals surface area (Å²) >= 11 is 0. The van der Waals surface area contributed by atoms with E-state index in [9.17, 15) is 9.18 Å². The molecule has 0 aliphatic rings. The number of hydrogen-bond donors (Lipinski definition) is 0. The van der Waals surface area contributed by atoms with Crippen molar-refractivity contribution >= 4 is 22.6 Å². The van der Waals surface area contributed by atoms with Crippen LogP contribution in [0.4, 0.5) is 10.1 Å². The number of anilines is 1. The first kappa shape index (κ1) is 19.7. The molecule has 0 amide bonds. The molecule has 0 aliphatic heterocycles. The van der Waals surface area contributed by atoms with Crippen LogP contribution in [0.15, 0.2) is 71.1 Å². The molecule has 152 valence electrons. The Balaban J connectivity index is 2.02. The molecule has 0 saturated heterocycles. The highest BCUT2D eigenvalue weighted by Gasteiger charge is 2.25. The first-order valence-electron chi connectivity index (χ1n) is 9.76. The highest BCUT2D eigenvalue weighted by molar-refractivity contribution is 6.11. The lowest BCUT2D eigenvalue weighted by molar-refractivity contribution is 0.0528. The minimum absolute atomic E-state index is 0.246. The van der Waals surface area contributed by atoms with Crippen LogP contribution in [0.3, 0.4) is 0 Å². The molecule has 0 unspecified atom stereocenters. The first-order valence-corrected chi connectivity index (χ1v) is 9.76. The Morgan fingerprint density at radius 2 is 1.70 bits per heavy atom. The summed E-state index contributed by atoms with van der Waals surface area (Å²) in [7, 11) is 3.92. The fourth-order valence-electron chi connectivity index (χ4n) is 3.56. The lowest BCUT2D eigenvalue weighted by atomic mass is 9.98. The number of esters is 1. The maximum absolute atomic E-state index is 13.4. The van der Waals surface area contributed by atoms with Gasteiger partial charge in [-0.3, -0.25) is 0 Å². The van der Waals surface area contributed by atoms with E-state index in [2.05, 4.69) is 0 Å². The summed E-state index contributed by atoms with van der Waals surface area (Å²) in [6.07, 6.45) is 0. The van der Waals surface area contributed by atoms with Gasteiger partial charge in [0.2, 0.25) is 0 Å². The predicted molar refractivity (Wildman–Crippen MR) is 117 cm³/mol. The highest BCUT2D eigenvalue weighted by atomic mass is 19.1. The number of carbonyl (C=O) groups excluding carboxylic acids is 1. The lowest BCUT2D eigenvalue weighted by Gasteiger charge is -2.18. The monoisotopic (exact) mass is 403 g/mol. The van der Waals surface area contributed by atoms with Gasteiger partial charge in [0.15, 0.2) is 0 Å². The van der Waals surface area contributed by atoms with Crippen molar-refractivity contribution in [3.8, 4) is 22.5 Å². The molecule has 1 heterocycles. The topological polar surface area (TPSA) is 42.7 Å². The zero-order valence-corrected chi connectivity index (χ0v) is 17.1. The zero-order valence-electron chi connectivity index (χ0n) is 17.1. The second kappa shape index (κ2) is 8.03.